The van der Waals surface area contributed by atoms with Crippen molar-refractivity contribution in [3.8, 4) is 0 Å². The van der Waals surface area contributed by atoms with Crippen molar-refractivity contribution >= 4 is 12.0 Å². The van der Waals surface area contributed by atoms with Crippen molar-refractivity contribution in [2.45, 2.75) is 45.5 Å². The first-order valence-corrected chi connectivity index (χ1v) is 15.9. The van der Waals surface area contributed by atoms with Crippen LogP contribution >= 0.6 is 0 Å². The molecule has 0 saturated heterocycles. The summed E-state index contributed by atoms with van der Waals surface area (Å²) in [5, 5.41) is 0. The fourth-order valence-electron chi connectivity index (χ4n) is 5.92. The number of nitrogens with zero attached hydrogens (tertiary/aromatic N) is 2. The summed E-state index contributed by atoms with van der Waals surface area (Å²) in [7, 11) is 0. The van der Waals surface area contributed by atoms with Gasteiger partial charge in [0.2, 0.25) is 5.91 Å². The van der Waals surface area contributed by atoms with E-state index in [2.05, 4.69) is 38.1 Å². The number of carbonyl (C=O) groups excluding carboxylic acids is 2. The van der Waals surface area contributed by atoms with E-state index < -0.39 is 12.0 Å². The SMILES string of the molecule is C[C@H](c1ccccc1)N(C(=O)[C@@H](Cc1ccccc1)CN(Cc1ccccc1)C(=O)OCc1ccccc1)[C@H](C)c1ccccc1. The minimum absolute atomic E-state index is 0.00881. The van der Waals surface area contributed by atoms with E-state index in [1.54, 1.807) is 4.90 Å². The van der Waals surface area contributed by atoms with Crippen LogP contribution < -0.4 is 0 Å². The van der Waals surface area contributed by atoms with Crippen molar-refractivity contribution in [3.05, 3.63) is 179 Å². The summed E-state index contributed by atoms with van der Waals surface area (Å²) in [6.07, 6.45) is 0.0357. The highest BCUT2D eigenvalue weighted by Crippen LogP contribution is 2.33. The number of hydrogen-bond donors (Lipinski definition) is 0. The van der Waals surface area contributed by atoms with Gasteiger partial charge in [0, 0.05) is 13.1 Å². The highest BCUT2D eigenvalue weighted by Gasteiger charge is 2.35. The maximum absolute atomic E-state index is 15.0. The molecule has 5 rings (SSSR count). The topological polar surface area (TPSA) is 49.9 Å². The van der Waals surface area contributed by atoms with Gasteiger partial charge in [-0.15, -0.1) is 0 Å². The Hall–Kier alpha value is -5.16. The third kappa shape index (κ3) is 8.72. The van der Waals surface area contributed by atoms with Crippen LogP contribution in [0.15, 0.2) is 152 Å². The number of rotatable bonds is 13. The van der Waals surface area contributed by atoms with E-state index in [0.717, 1.165) is 27.8 Å². The van der Waals surface area contributed by atoms with Crippen molar-refractivity contribution in [1.29, 1.82) is 0 Å². The van der Waals surface area contributed by atoms with Crippen molar-refractivity contribution in [2.24, 2.45) is 5.92 Å². The van der Waals surface area contributed by atoms with Crippen molar-refractivity contribution in [2.75, 3.05) is 6.54 Å². The number of amides is 2. The molecule has 0 unspecified atom stereocenters. The van der Waals surface area contributed by atoms with Gasteiger partial charge in [-0.25, -0.2) is 4.79 Å². The second kappa shape index (κ2) is 16.2. The van der Waals surface area contributed by atoms with Gasteiger partial charge in [0.15, 0.2) is 0 Å². The Kier molecular flexibility index (Phi) is 11.4. The maximum atomic E-state index is 15.0. The maximum Gasteiger partial charge on any atom is 0.410 e. The van der Waals surface area contributed by atoms with Gasteiger partial charge in [0.25, 0.3) is 0 Å². The summed E-state index contributed by atoms with van der Waals surface area (Å²) in [4.78, 5) is 32.5. The quantitative estimate of drug-likeness (QED) is 0.134. The molecule has 0 aromatic heterocycles. The first-order valence-electron chi connectivity index (χ1n) is 15.9. The standard InChI is InChI=1S/C41H42N2O3/c1-32(37-24-14-6-15-25-37)43(33(2)38-26-16-7-17-27-38)40(44)39(28-34-18-8-3-9-19-34)30-42(29-35-20-10-4-11-21-35)41(45)46-31-36-22-12-5-13-23-36/h3-27,32-33,39H,28-31H2,1-2H3/t32-,33-,39+/m1/s1. The van der Waals surface area contributed by atoms with Crippen LogP contribution in [0, 0.1) is 5.92 Å². The first-order chi connectivity index (χ1) is 22.5. The smallest absolute Gasteiger partial charge is 0.410 e. The van der Waals surface area contributed by atoms with E-state index in [1.807, 2.05) is 132 Å². The van der Waals surface area contributed by atoms with Crippen LogP contribution in [0.3, 0.4) is 0 Å². The summed E-state index contributed by atoms with van der Waals surface area (Å²) in [5.74, 6) is -0.529. The number of hydrogen-bond acceptors (Lipinski definition) is 3. The van der Waals surface area contributed by atoms with Crippen LogP contribution in [0.5, 0.6) is 0 Å². The molecule has 0 N–H and O–H groups in total. The molecule has 0 radical (unpaired) electrons. The molecule has 0 spiro atoms. The number of benzene rings is 5. The molecule has 5 aromatic rings. The second-order valence-electron chi connectivity index (χ2n) is 11.7. The van der Waals surface area contributed by atoms with Gasteiger partial charge in [-0.2, -0.15) is 0 Å². The zero-order valence-electron chi connectivity index (χ0n) is 26.6. The predicted octanol–water partition coefficient (Wildman–Crippen LogP) is 9.04. The third-order valence-corrected chi connectivity index (χ3v) is 8.45. The van der Waals surface area contributed by atoms with E-state index in [9.17, 15) is 4.79 Å². The molecule has 0 aliphatic carbocycles. The average molecular weight is 611 g/mol. The van der Waals surface area contributed by atoms with Crippen LogP contribution in [0.25, 0.3) is 0 Å². The molecule has 5 aromatic carbocycles. The molecule has 0 saturated carbocycles. The fraction of sp³-hybridized carbons (Fsp3) is 0.220. The van der Waals surface area contributed by atoms with Crippen LogP contribution in [0.4, 0.5) is 4.79 Å². The lowest BCUT2D eigenvalue weighted by molar-refractivity contribution is -0.141. The van der Waals surface area contributed by atoms with E-state index >= 15 is 4.79 Å². The van der Waals surface area contributed by atoms with Gasteiger partial charge in [-0.05, 0) is 48.1 Å². The van der Waals surface area contributed by atoms with Crippen molar-refractivity contribution < 1.29 is 14.3 Å². The van der Waals surface area contributed by atoms with Gasteiger partial charge in [-0.3, -0.25) is 4.79 Å². The molecular weight excluding hydrogens is 568 g/mol. The zero-order chi connectivity index (χ0) is 32.1. The minimum Gasteiger partial charge on any atom is -0.445 e. The van der Waals surface area contributed by atoms with E-state index in [-0.39, 0.29) is 31.1 Å². The lowest BCUT2D eigenvalue weighted by Crippen LogP contribution is -2.46. The summed E-state index contributed by atoms with van der Waals surface area (Å²) in [5.41, 5.74) is 5.03. The van der Waals surface area contributed by atoms with E-state index in [1.165, 1.54) is 0 Å². The Morgan fingerprint density at radius 1 is 0.565 bits per heavy atom. The molecule has 0 aliphatic heterocycles. The van der Waals surface area contributed by atoms with Crippen LogP contribution in [0.1, 0.15) is 53.7 Å². The molecule has 0 heterocycles. The Labute approximate surface area is 273 Å². The lowest BCUT2D eigenvalue weighted by Gasteiger charge is -2.39. The Morgan fingerprint density at radius 2 is 0.978 bits per heavy atom. The van der Waals surface area contributed by atoms with Gasteiger partial charge >= 0.3 is 6.09 Å². The highest BCUT2D eigenvalue weighted by atomic mass is 16.6. The van der Waals surface area contributed by atoms with Crippen LogP contribution in [-0.2, 0) is 29.1 Å². The lowest BCUT2D eigenvalue weighted by atomic mass is 9.93. The highest BCUT2D eigenvalue weighted by molar-refractivity contribution is 5.81. The molecule has 234 valence electrons. The fourth-order valence-corrected chi connectivity index (χ4v) is 5.92. The molecule has 3 atom stereocenters. The summed E-state index contributed by atoms with van der Waals surface area (Å²) >= 11 is 0. The molecule has 5 nitrogen and oxygen atoms in total. The van der Waals surface area contributed by atoms with Gasteiger partial charge in [0.05, 0.1) is 18.0 Å². The number of carbonyl (C=O) groups is 2. The molecule has 0 bridgehead atoms. The van der Waals surface area contributed by atoms with Crippen LogP contribution in [-0.4, -0.2) is 28.3 Å². The normalized spacial score (nSPS) is 12.8. The summed E-state index contributed by atoms with van der Waals surface area (Å²) < 4.78 is 5.85. The average Bonchev–Trinajstić information content (AvgIpc) is 3.12. The molecule has 5 heteroatoms. The second-order valence-corrected chi connectivity index (χ2v) is 11.7. The molecule has 0 fully saturated rings. The monoisotopic (exact) mass is 610 g/mol. The Morgan fingerprint density at radius 3 is 1.46 bits per heavy atom. The van der Waals surface area contributed by atoms with Crippen molar-refractivity contribution in [1.82, 2.24) is 9.80 Å². The van der Waals surface area contributed by atoms with Crippen LogP contribution in [0.2, 0.25) is 0 Å². The van der Waals surface area contributed by atoms with E-state index in [4.69, 9.17) is 4.74 Å². The molecule has 2 amide bonds. The predicted molar refractivity (Wildman–Crippen MR) is 184 cm³/mol. The van der Waals surface area contributed by atoms with Gasteiger partial charge in [0.1, 0.15) is 6.61 Å². The third-order valence-electron chi connectivity index (χ3n) is 8.45. The van der Waals surface area contributed by atoms with Gasteiger partial charge < -0.3 is 14.5 Å². The van der Waals surface area contributed by atoms with E-state index in [0.29, 0.717) is 13.0 Å². The molecule has 46 heavy (non-hydrogen) atoms. The largest absolute Gasteiger partial charge is 0.445 e. The summed E-state index contributed by atoms with van der Waals surface area (Å²) in [6.45, 7) is 4.86. The Bertz CT molecular complexity index is 1590. The first kappa shape index (κ1) is 32.2. The number of ether oxygens (including phenoxy) is 1. The molecular formula is C41H42N2O3. The van der Waals surface area contributed by atoms with Crippen molar-refractivity contribution in [3.63, 3.8) is 0 Å². The minimum atomic E-state index is -0.521. The van der Waals surface area contributed by atoms with Gasteiger partial charge in [-0.1, -0.05) is 152 Å². The zero-order valence-corrected chi connectivity index (χ0v) is 26.6. The molecule has 0 aliphatic rings. The Balaban J connectivity index is 1.50. The summed E-state index contributed by atoms with van der Waals surface area (Å²) in [6, 6.07) is 49.4.